The minimum absolute atomic E-state index is 0.184. The number of hydrogen-bond acceptors (Lipinski definition) is 4. The molecule has 2 atom stereocenters. The lowest BCUT2D eigenvalue weighted by Crippen LogP contribution is -2.40. The number of aromatic amines is 1. The normalized spacial score (nSPS) is 13.6. The molecule has 0 spiro atoms. The highest BCUT2D eigenvalue weighted by atomic mass is 16.5. The summed E-state index contributed by atoms with van der Waals surface area (Å²) >= 11 is 0. The number of fused-ring (bicyclic) bond motifs is 1. The van der Waals surface area contributed by atoms with Crippen LogP contribution in [0.4, 0.5) is 0 Å². The minimum Gasteiger partial charge on any atom is -0.487 e. The molecule has 3 rings (SSSR count). The third-order valence-electron chi connectivity index (χ3n) is 4.79. The average molecular weight is 380 g/mol. The molecule has 148 valence electrons. The van der Waals surface area contributed by atoms with Crippen molar-refractivity contribution in [2.75, 3.05) is 0 Å². The van der Waals surface area contributed by atoms with Crippen LogP contribution in [0.1, 0.15) is 44.4 Å². The molecule has 0 radical (unpaired) electrons. The van der Waals surface area contributed by atoms with Gasteiger partial charge in [-0.1, -0.05) is 63.2 Å². The Morgan fingerprint density at radius 2 is 1.86 bits per heavy atom. The van der Waals surface area contributed by atoms with Crippen LogP contribution in [0.15, 0.2) is 59.4 Å². The number of H-pyrrole nitrogens is 1. The fourth-order valence-corrected chi connectivity index (χ4v) is 3.37. The fourth-order valence-electron chi connectivity index (χ4n) is 3.37. The van der Waals surface area contributed by atoms with Gasteiger partial charge in [0.15, 0.2) is 0 Å². The molecule has 0 saturated carbocycles. The molecule has 0 aliphatic rings. The Labute approximate surface area is 165 Å². The highest BCUT2D eigenvalue weighted by Gasteiger charge is 2.23. The molecule has 5 nitrogen and oxygen atoms in total. The van der Waals surface area contributed by atoms with E-state index in [0.717, 1.165) is 17.4 Å². The molecule has 5 heteroatoms. The number of hydrogen-bond donors (Lipinski definition) is 3. The molecule has 3 aromatic rings. The fraction of sp³-hybridized carbons (Fsp3) is 0.348. The number of pyridine rings is 1. The summed E-state index contributed by atoms with van der Waals surface area (Å²) in [4.78, 5) is 15.6. The van der Waals surface area contributed by atoms with Gasteiger partial charge in [0.25, 0.3) is 5.56 Å². The van der Waals surface area contributed by atoms with Gasteiger partial charge in [0.05, 0.1) is 11.6 Å². The van der Waals surface area contributed by atoms with Gasteiger partial charge >= 0.3 is 0 Å². The number of para-hydroxylation sites is 1. The summed E-state index contributed by atoms with van der Waals surface area (Å²) in [6, 6.07) is 17.3. The largest absolute Gasteiger partial charge is 0.487 e. The maximum Gasteiger partial charge on any atom is 0.254 e. The molecule has 0 aliphatic heterocycles. The SMILES string of the molecule is CCC(NC(C)C)C(O)c1cc2cccc(OCc3ccccc3)c2[nH]c1=O. The van der Waals surface area contributed by atoms with Gasteiger partial charge in [-0.05, 0) is 24.1 Å². The number of rotatable bonds is 8. The van der Waals surface area contributed by atoms with E-state index in [9.17, 15) is 9.90 Å². The molecular weight excluding hydrogens is 352 g/mol. The van der Waals surface area contributed by atoms with Crippen molar-refractivity contribution in [3.8, 4) is 5.75 Å². The van der Waals surface area contributed by atoms with Crippen molar-refractivity contribution in [2.45, 2.75) is 52.0 Å². The molecular formula is C23H28N2O3. The van der Waals surface area contributed by atoms with E-state index in [-0.39, 0.29) is 17.6 Å². The second-order valence-corrected chi connectivity index (χ2v) is 7.33. The monoisotopic (exact) mass is 380 g/mol. The van der Waals surface area contributed by atoms with E-state index in [1.807, 2.05) is 69.3 Å². The summed E-state index contributed by atoms with van der Waals surface area (Å²) in [5.41, 5.74) is 1.77. The lowest BCUT2D eigenvalue weighted by Gasteiger charge is -2.25. The molecule has 2 aromatic carbocycles. The van der Waals surface area contributed by atoms with Crippen LogP contribution in [0.3, 0.4) is 0 Å². The highest BCUT2D eigenvalue weighted by Crippen LogP contribution is 2.26. The quantitative estimate of drug-likeness (QED) is 0.554. The highest BCUT2D eigenvalue weighted by molar-refractivity contribution is 5.84. The Morgan fingerprint density at radius 3 is 2.54 bits per heavy atom. The molecule has 28 heavy (non-hydrogen) atoms. The Bertz CT molecular complexity index is 966. The van der Waals surface area contributed by atoms with Crippen molar-refractivity contribution in [1.29, 1.82) is 0 Å². The smallest absolute Gasteiger partial charge is 0.254 e. The van der Waals surface area contributed by atoms with E-state index in [2.05, 4.69) is 10.3 Å². The zero-order valence-corrected chi connectivity index (χ0v) is 16.6. The van der Waals surface area contributed by atoms with Crippen LogP contribution in [-0.2, 0) is 6.61 Å². The average Bonchev–Trinajstić information content (AvgIpc) is 2.70. The number of aliphatic hydroxyl groups excluding tert-OH is 1. The van der Waals surface area contributed by atoms with Crippen LogP contribution in [-0.4, -0.2) is 22.2 Å². The first kappa shape index (κ1) is 20.1. The van der Waals surface area contributed by atoms with Gasteiger partial charge in [-0.2, -0.15) is 0 Å². The lowest BCUT2D eigenvalue weighted by molar-refractivity contribution is 0.120. The summed E-state index contributed by atoms with van der Waals surface area (Å²) in [6.07, 6.45) is -0.161. The Balaban J connectivity index is 1.90. The van der Waals surface area contributed by atoms with E-state index in [1.165, 1.54) is 0 Å². The van der Waals surface area contributed by atoms with Crippen LogP contribution in [0.2, 0.25) is 0 Å². The topological polar surface area (TPSA) is 74.3 Å². The molecule has 1 heterocycles. The number of aliphatic hydroxyl groups is 1. The first-order chi connectivity index (χ1) is 13.5. The summed E-state index contributed by atoms with van der Waals surface area (Å²) < 4.78 is 5.94. The van der Waals surface area contributed by atoms with Crippen molar-refractivity contribution < 1.29 is 9.84 Å². The van der Waals surface area contributed by atoms with Crippen LogP contribution in [0.25, 0.3) is 10.9 Å². The van der Waals surface area contributed by atoms with E-state index in [4.69, 9.17) is 4.74 Å². The summed E-state index contributed by atoms with van der Waals surface area (Å²) in [5, 5.41) is 14.9. The maximum atomic E-state index is 12.7. The molecule has 2 unspecified atom stereocenters. The Hall–Kier alpha value is -2.63. The van der Waals surface area contributed by atoms with E-state index in [1.54, 1.807) is 6.07 Å². The summed E-state index contributed by atoms with van der Waals surface area (Å²) in [7, 11) is 0. The Kier molecular flexibility index (Phi) is 6.49. The van der Waals surface area contributed by atoms with Gasteiger partial charge in [-0.15, -0.1) is 0 Å². The first-order valence-corrected chi connectivity index (χ1v) is 9.76. The molecule has 0 amide bonds. The molecule has 0 bridgehead atoms. The van der Waals surface area contributed by atoms with Crippen molar-refractivity contribution in [1.82, 2.24) is 10.3 Å². The van der Waals surface area contributed by atoms with Crippen molar-refractivity contribution in [3.05, 3.63) is 76.1 Å². The third kappa shape index (κ3) is 4.61. The standard InChI is InChI=1S/C23H28N2O3/c1-4-19(24-15(2)3)22(26)18-13-17-11-8-12-20(21(17)25-23(18)27)28-14-16-9-6-5-7-10-16/h5-13,15,19,22,24,26H,4,14H2,1-3H3,(H,25,27). The van der Waals surface area contributed by atoms with Crippen molar-refractivity contribution >= 4 is 10.9 Å². The van der Waals surface area contributed by atoms with Gasteiger partial charge < -0.3 is 20.1 Å². The van der Waals surface area contributed by atoms with E-state index < -0.39 is 6.10 Å². The summed E-state index contributed by atoms with van der Waals surface area (Å²) in [6.45, 7) is 6.46. The van der Waals surface area contributed by atoms with Crippen LogP contribution >= 0.6 is 0 Å². The van der Waals surface area contributed by atoms with Gasteiger partial charge in [0, 0.05) is 23.0 Å². The molecule has 3 N–H and O–H groups in total. The predicted octanol–water partition coefficient (Wildman–Crippen LogP) is 3.92. The molecule has 0 fully saturated rings. The van der Waals surface area contributed by atoms with Crippen LogP contribution in [0, 0.1) is 0 Å². The summed E-state index contributed by atoms with van der Waals surface area (Å²) in [5.74, 6) is 0.617. The second kappa shape index (κ2) is 9.04. The number of benzene rings is 2. The van der Waals surface area contributed by atoms with E-state index >= 15 is 0 Å². The minimum atomic E-state index is -0.880. The first-order valence-electron chi connectivity index (χ1n) is 9.76. The van der Waals surface area contributed by atoms with Crippen molar-refractivity contribution in [2.24, 2.45) is 0 Å². The van der Waals surface area contributed by atoms with Gasteiger partial charge in [-0.3, -0.25) is 4.79 Å². The Morgan fingerprint density at radius 1 is 1.11 bits per heavy atom. The third-order valence-corrected chi connectivity index (χ3v) is 4.79. The van der Waals surface area contributed by atoms with E-state index in [0.29, 0.717) is 23.4 Å². The zero-order chi connectivity index (χ0) is 20.1. The van der Waals surface area contributed by atoms with Crippen LogP contribution < -0.4 is 15.6 Å². The van der Waals surface area contributed by atoms with Crippen LogP contribution in [0.5, 0.6) is 5.75 Å². The van der Waals surface area contributed by atoms with Gasteiger partial charge in [-0.25, -0.2) is 0 Å². The second-order valence-electron chi connectivity index (χ2n) is 7.33. The van der Waals surface area contributed by atoms with Crippen molar-refractivity contribution in [3.63, 3.8) is 0 Å². The molecule has 0 aliphatic carbocycles. The molecule has 1 aromatic heterocycles. The lowest BCUT2D eigenvalue weighted by atomic mass is 9.99. The molecule has 0 saturated heterocycles. The number of aromatic nitrogens is 1. The zero-order valence-electron chi connectivity index (χ0n) is 16.6. The predicted molar refractivity (Wildman–Crippen MR) is 113 cm³/mol. The number of ether oxygens (including phenoxy) is 1. The van der Waals surface area contributed by atoms with Gasteiger partial charge in [0.2, 0.25) is 0 Å². The number of nitrogens with one attached hydrogen (secondary N) is 2. The maximum absolute atomic E-state index is 12.7. The van der Waals surface area contributed by atoms with Gasteiger partial charge in [0.1, 0.15) is 12.4 Å².